The quantitative estimate of drug-likeness (QED) is 0.824. The van der Waals surface area contributed by atoms with Crippen LogP contribution in [0.5, 0.6) is 0 Å². The Bertz CT molecular complexity index is 841. The summed E-state index contributed by atoms with van der Waals surface area (Å²) in [6.45, 7) is 7.69. The number of rotatable bonds is 6. The minimum atomic E-state index is -3.56. The van der Waals surface area contributed by atoms with Crippen LogP contribution in [0.15, 0.2) is 53.4 Å². The maximum absolute atomic E-state index is 12.4. The standard InChI is InChI=1S/C19H24N2O3S/c1-13(2)16-6-5-7-17(12-16)20-19(22)15-8-10-18(11-9-15)25(23,24)21-14(3)4/h5-14,21H,1-4H3,(H,20,22). The van der Waals surface area contributed by atoms with Gasteiger partial charge >= 0.3 is 0 Å². The lowest BCUT2D eigenvalue weighted by atomic mass is 10.0. The lowest BCUT2D eigenvalue weighted by Gasteiger charge is -2.11. The van der Waals surface area contributed by atoms with E-state index in [-0.39, 0.29) is 16.8 Å². The molecule has 0 bridgehead atoms. The van der Waals surface area contributed by atoms with E-state index in [1.807, 2.05) is 24.3 Å². The molecule has 0 aliphatic carbocycles. The molecule has 5 nitrogen and oxygen atoms in total. The summed E-state index contributed by atoms with van der Waals surface area (Å²) in [5.41, 5.74) is 2.26. The highest BCUT2D eigenvalue weighted by atomic mass is 32.2. The third-order valence-electron chi connectivity index (χ3n) is 3.63. The van der Waals surface area contributed by atoms with Crippen molar-refractivity contribution >= 4 is 21.6 Å². The van der Waals surface area contributed by atoms with Crippen LogP contribution in [0, 0.1) is 0 Å². The number of sulfonamides is 1. The molecular weight excluding hydrogens is 336 g/mol. The van der Waals surface area contributed by atoms with E-state index in [1.54, 1.807) is 13.8 Å². The van der Waals surface area contributed by atoms with Gasteiger partial charge in [0.15, 0.2) is 0 Å². The first kappa shape index (κ1) is 19.1. The van der Waals surface area contributed by atoms with Gasteiger partial charge in [-0.15, -0.1) is 0 Å². The first-order valence-corrected chi connectivity index (χ1v) is 9.71. The molecule has 0 aliphatic heterocycles. The third-order valence-corrected chi connectivity index (χ3v) is 5.30. The highest BCUT2D eigenvalue weighted by Crippen LogP contribution is 2.19. The van der Waals surface area contributed by atoms with Crippen molar-refractivity contribution < 1.29 is 13.2 Å². The smallest absolute Gasteiger partial charge is 0.255 e. The van der Waals surface area contributed by atoms with E-state index in [0.717, 1.165) is 11.3 Å². The maximum Gasteiger partial charge on any atom is 0.255 e. The van der Waals surface area contributed by atoms with Crippen molar-refractivity contribution in [3.8, 4) is 0 Å². The minimum absolute atomic E-state index is 0.138. The molecule has 2 aromatic carbocycles. The van der Waals surface area contributed by atoms with Crippen LogP contribution in [0.25, 0.3) is 0 Å². The zero-order chi connectivity index (χ0) is 18.6. The topological polar surface area (TPSA) is 75.3 Å². The van der Waals surface area contributed by atoms with E-state index in [9.17, 15) is 13.2 Å². The predicted octanol–water partition coefficient (Wildman–Crippen LogP) is 3.75. The van der Waals surface area contributed by atoms with Crippen molar-refractivity contribution in [2.24, 2.45) is 0 Å². The molecule has 25 heavy (non-hydrogen) atoms. The molecule has 2 rings (SSSR count). The number of nitrogens with one attached hydrogen (secondary N) is 2. The number of hydrogen-bond donors (Lipinski definition) is 2. The van der Waals surface area contributed by atoms with Gasteiger partial charge in [-0.25, -0.2) is 13.1 Å². The van der Waals surface area contributed by atoms with Crippen LogP contribution >= 0.6 is 0 Å². The fourth-order valence-corrected chi connectivity index (χ4v) is 3.59. The zero-order valence-electron chi connectivity index (χ0n) is 14.9. The van der Waals surface area contributed by atoms with Crippen molar-refractivity contribution in [3.63, 3.8) is 0 Å². The van der Waals surface area contributed by atoms with Gasteiger partial charge in [0, 0.05) is 17.3 Å². The molecule has 0 unspecified atom stereocenters. The molecular formula is C19H24N2O3S. The van der Waals surface area contributed by atoms with Crippen LogP contribution in [-0.4, -0.2) is 20.4 Å². The highest BCUT2D eigenvalue weighted by Gasteiger charge is 2.16. The second-order valence-electron chi connectivity index (χ2n) is 6.53. The summed E-state index contributed by atoms with van der Waals surface area (Å²) in [6.07, 6.45) is 0. The van der Waals surface area contributed by atoms with Gasteiger partial charge in [0.1, 0.15) is 0 Å². The number of hydrogen-bond acceptors (Lipinski definition) is 3. The second kappa shape index (κ2) is 7.80. The summed E-state index contributed by atoms with van der Waals surface area (Å²) >= 11 is 0. The molecule has 0 atom stereocenters. The second-order valence-corrected chi connectivity index (χ2v) is 8.25. The molecule has 0 radical (unpaired) electrons. The Labute approximate surface area is 149 Å². The summed E-state index contributed by atoms with van der Waals surface area (Å²) in [6, 6.07) is 13.4. The lowest BCUT2D eigenvalue weighted by Crippen LogP contribution is -2.30. The molecule has 0 fully saturated rings. The van der Waals surface area contributed by atoms with Gasteiger partial charge in [-0.2, -0.15) is 0 Å². The van der Waals surface area contributed by atoms with E-state index in [1.165, 1.54) is 24.3 Å². The van der Waals surface area contributed by atoms with E-state index in [2.05, 4.69) is 23.9 Å². The predicted molar refractivity (Wildman–Crippen MR) is 100 cm³/mol. The molecule has 2 aromatic rings. The van der Waals surface area contributed by atoms with Gasteiger partial charge in [-0.3, -0.25) is 4.79 Å². The molecule has 1 amide bonds. The first-order valence-electron chi connectivity index (χ1n) is 8.23. The zero-order valence-corrected chi connectivity index (χ0v) is 15.7. The van der Waals surface area contributed by atoms with Crippen molar-refractivity contribution in [2.45, 2.75) is 44.6 Å². The Balaban J connectivity index is 2.14. The molecule has 134 valence electrons. The van der Waals surface area contributed by atoms with Gasteiger partial charge in [0.2, 0.25) is 10.0 Å². The summed E-state index contributed by atoms with van der Waals surface area (Å²) in [5.74, 6) is 0.0940. The van der Waals surface area contributed by atoms with Crippen LogP contribution in [0.1, 0.15) is 49.5 Å². The summed E-state index contributed by atoms with van der Waals surface area (Å²) in [4.78, 5) is 12.5. The molecule has 2 N–H and O–H groups in total. The largest absolute Gasteiger partial charge is 0.322 e. The Hall–Kier alpha value is -2.18. The van der Waals surface area contributed by atoms with E-state index in [4.69, 9.17) is 0 Å². The molecule has 0 spiro atoms. The first-order chi connectivity index (χ1) is 11.7. The molecule has 0 saturated heterocycles. The summed E-state index contributed by atoms with van der Waals surface area (Å²) < 4.78 is 26.7. The number of amides is 1. The fourth-order valence-electron chi connectivity index (χ4n) is 2.34. The number of anilines is 1. The average Bonchev–Trinajstić information content (AvgIpc) is 2.54. The van der Waals surface area contributed by atoms with E-state index >= 15 is 0 Å². The van der Waals surface area contributed by atoms with Crippen molar-refractivity contribution in [3.05, 3.63) is 59.7 Å². The molecule has 0 saturated carbocycles. The lowest BCUT2D eigenvalue weighted by molar-refractivity contribution is 0.102. The van der Waals surface area contributed by atoms with Crippen LogP contribution in [-0.2, 0) is 10.0 Å². The molecule has 0 aromatic heterocycles. The number of carbonyl (C=O) groups is 1. The summed E-state index contributed by atoms with van der Waals surface area (Å²) in [5, 5.41) is 2.84. The Morgan fingerprint density at radius 2 is 1.60 bits per heavy atom. The molecule has 0 heterocycles. The van der Waals surface area contributed by atoms with Gasteiger partial charge in [-0.05, 0) is 61.7 Å². The van der Waals surface area contributed by atoms with Gasteiger partial charge < -0.3 is 5.32 Å². The highest BCUT2D eigenvalue weighted by molar-refractivity contribution is 7.89. The Morgan fingerprint density at radius 3 is 2.16 bits per heavy atom. The van der Waals surface area contributed by atoms with Gasteiger partial charge in [0.05, 0.1) is 4.90 Å². The number of carbonyl (C=O) groups excluding carboxylic acids is 1. The Kier molecular flexibility index (Phi) is 5.98. The van der Waals surface area contributed by atoms with Crippen molar-refractivity contribution in [1.82, 2.24) is 4.72 Å². The third kappa shape index (κ3) is 5.14. The number of benzene rings is 2. The Morgan fingerprint density at radius 1 is 0.960 bits per heavy atom. The van der Waals surface area contributed by atoms with Gasteiger partial charge in [0.25, 0.3) is 5.91 Å². The van der Waals surface area contributed by atoms with Crippen LogP contribution in [0.4, 0.5) is 5.69 Å². The monoisotopic (exact) mass is 360 g/mol. The average molecular weight is 360 g/mol. The van der Waals surface area contributed by atoms with Gasteiger partial charge in [-0.1, -0.05) is 26.0 Å². The minimum Gasteiger partial charge on any atom is -0.322 e. The van der Waals surface area contributed by atoms with E-state index < -0.39 is 10.0 Å². The summed E-state index contributed by atoms with van der Waals surface area (Å²) in [7, 11) is -3.56. The van der Waals surface area contributed by atoms with Crippen LogP contribution < -0.4 is 10.0 Å². The van der Waals surface area contributed by atoms with Crippen LogP contribution in [0.3, 0.4) is 0 Å². The van der Waals surface area contributed by atoms with Crippen molar-refractivity contribution in [1.29, 1.82) is 0 Å². The maximum atomic E-state index is 12.4. The molecule has 0 aliphatic rings. The van der Waals surface area contributed by atoms with E-state index in [0.29, 0.717) is 11.5 Å². The van der Waals surface area contributed by atoms with Crippen molar-refractivity contribution in [2.75, 3.05) is 5.32 Å². The molecule has 6 heteroatoms. The van der Waals surface area contributed by atoms with Crippen LogP contribution in [0.2, 0.25) is 0 Å². The SMILES string of the molecule is CC(C)NS(=O)(=O)c1ccc(C(=O)Nc2cccc(C(C)C)c2)cc1. The normalized spacial score (nSPS) is 11.8. The fraction of sp³-hybridized carbons (Fsp3) is 0.316.